The summed E-state index contributed by atoms with van der Waals surface area (Å²) >= 11 is 0. The molecule has 3 N–H and O–H groups in total. The lowest BCUT2D eigenvalue weighted by atomic mass is 10.1. The summed E-state index contributed by atoms with van der Waals surface area (Å²) in [6, 6.07) is 4.70. The van der Waals surface area contributed by atoms with Gasteiger partial charge in [-0.1, -0.05) is 0 Å². The maximum Gasteiger partial charge on any atom is 0.315 e. The van der Waals surface area contributed by atoms with Gasteiger partial charge in [-0.05, 0) is 25.1 Å². The number of imidazole rings is 1. The van der Waals surface area contributed by atoms with Crippen molar-refractivity contribution in [3.05, 3.63) is 42.5 Å². The minimum Gasteiger partial charge on any atom is -0.497 e. The van der Waals surface area contributed by atoms with E-state index in [-0.39, 0.29) is 18.6 Å². The maximum absolute atomic E-state index is 12.0. The first-order chi connectivity index (χ1) is 12.0. The Morgan fingerprint density at radius 2 is 2.16 bits per heavy atom. The van der Waals surface area contributed by atoms with Crippen molar-refractivity contribution in [2.75, 3.05) is 20.8 Å². The molecule has 8 nitrogen and oxygen atoms in total. The largest absolute Gasteiger partial charge is 0.497 e. The van der Waals surface area contributed by atoms with E-state index in [1.54, 1.807) is 37.8 Å². The van der Waals surface area contributed by atoms with E-state index in [9.17, 15) is 9.90 Å². The number of aromatic nitrogens is 2. The third-order valence-electron chi connectivity index (χ3n) is 3.67. The minimum absolute atomic E-state index is 0.0488. The van der Waals surface area contributed by atoms with Crippen molar-refractivity contribution in [2.24, 2.45) is 0 Å². The number of nitrogens with zero attached hydrogens (tertiary/aromatic N) is 2. The molecular formula is C17H24N4O4. The van der Waals surface area contributed by atoms with Gasteiger partial charge in [0.25, 0.3) is 0 Å². The third-order valence-corrected chi connectivity index (χ3v) is 3.67. The number of methoxy groups -OCH3 is 2. The smallest absolute Gasteiger partial charge is 0.315 e. The van der Waals surface area contributed by atoms with Gasteiger partial charge in [0.1, 0.15) is 17.6 Å². The van der Waals surface area contributed by atoms with Crippen LogP contribution in [0, 0.1) is 0 Å². The fourth-order valence-corrected chi connectivity index (χ4v) is 2.43. The van der Waals surface area contributed by atoms with Crippen molar-refractivity contribution < 1.29 is 19.4 Å². The summed E-state index contributed by atoms with van der Waals surface area (Å²) in [5.41, 5.74) is 0.550. The predicted molar refractivity (Wildman–Crippen MR) is 92.7 cm³/mol. The lowest BCUT2D eigenvalue weighted by Crippen LogP contribution is -2.43. The molecule has 0 aliphatic carbocycles. The van der Waals surface area contributed by atoms with Gasteiger partial charge in [-0.15, -0.1) is 0 Å². The molecule has 0 aliphatic rings. The van der Waals surface area contributed by atoms with Gasteiger partial charge in [0.2, 0.25) is 0 Å². The molecule has 0 aliphatic heterocycles. The van der Waals surface area contributed by atoms with Crippen LogP contribution in [0.1, 0.15) is 18.6 Å². The zero-order valence-corrected chi connectivity index (χ0v) is 14.6. The fourth-order valence-electron chi connectivity index (χ4n) is 2.43. The van der Waals surface area contributed by atoms with Crippen LogP contribution in [-0.4, -0.2) is 47.5 Å². The Bertz CT molecular complexity index is 675. The second-order valence-corrected chi connectivity index (χ2v) is 5.64. The van der Waals surface area contributed by atoms with Gasteiger partial charge in [-0.3, -0.25) is 0 Å². The standard InChI is InChI=1S/C17H24N4O4/c1-12(10-21-7-6-18-11-21)20-17(23)19-9-15(22)14-8-13(24-2)4-5-16(14)25-3/h4-8,11-12,15,22H,9-10H2,1-3H3,(H2,19,20,23). The van der Waals surface area contributed by atoms with Gasteiger partial charge in [-0.2, -0.15) is 0 Å². The number of carbonyl (C=O) groups excluding carboxylic acids is 1. The molecule has 0 fully saturated rings. The molecule has 136 valence electrons. The van der Waals surface area contributed by atoms with Crippen molar-refractivity contribution in [1.82, 2.24) is 20.2 Å². The van der Waals surface area contributed by atoms with Gasteiger partial charge < -0.3 is 29.8 Å². The number of amides is 2. The van der Waals surface area contributed by atoms with Crippen LogP contribution in [0.5, 0.6) is 11.5 Å². The molecule has 2 amide bonds. The summed E-state index contributed by atoms with van der Waals surface area (Å²) in [7, 11) is 3.07. The number of carbonyl (C=O) groups is 1. The number of nitrogens with one attached hydrogen (secondary N) is 2. The molecule has 2 unspecified atom stereocenters. The van der Waals surface area contributed by atoms with E-state index in [0.29, 0.717) is 23.6 Å². The van der Waals surface area contributed by atoms with Crippen molar-refractivity contribution >= 4 is 6.03 Å². The number of urea groups is 1. The molecule has 1 aromatic carbocycles. The zero-order chi connectivity index (χ0) is 18.2. The maximum atomic E-state index is 12.0. The summed E-state index contributed by atoms with van der Waals surface area (Å²) in [6.07, 6.45) is 4.29. The minimum atomic E-state index is -0.917. The number of aliphatic hydroxyl groups is 1. The van der Waals surface area contributed by atoms with Gasteiger partial charge in [-0.25, -0.2) is 9.78 Å². The first-order valence-corrected chi connectivity index (χ1v) is 7.93. The monoisotopic (exact) mass is 348 g/mol. The quantitative estimate of drug-likeness (QED) is 0.668. The normalized spacial score (nSPS) is 13.0. The topological polar surface area (TPSA) is 97.6 Å². The van der Waals surface area contributed by atoms with Gasteiger partial charge in [0, 0.05) is 37.1 Å². The summed E-state index contributed by atoms with van der Waals surface area (Å²) in [6.45, 7) is 2.55. The molecule has 1 aromatic heterocycles. The number of hydrogen-bond donors (Lipinski definition) is 3. The van der Waals surface area contributed by atoms with Crippen LogP contribution in [0.4, 0.5) is 4.79 Å². The zero-order valence-electron chi connectivity index (χ0n) is 14.6. The highest BCUT2D eigenvalue weighted by atomic mass is 16.5. The first kappa shape index (κ1) is 18.6. The Kier molecular flexibility index (Phi) is 6.64. The summed E-state index contributed by atoms with van der Waals surface area (Å²) in [4.78, 5) is 15.9. The van der Waals surface area contributed by atoms with Crippen LogP contribution < -0.4 is 20.1 Å². The van der Waals surface area contributed by atoms with E-state index in [2.05, 4.69) is 15.6 Å². The predicted octanol–water partition coefficient (Wildman–Crippen LogP) is 1.32. The lowest BCUT2D eigenvalue weighted by molar-refractivity contribution is 0.168. The van der Waals surface area contributed by atoms with Gasteiger partial charge in [0.15, 0.2) is 0 Å². The highest BCUT2D eigenvalue weighted by Crippen LogP contribution is 2.28. The van der Waals surface area contributed by atoms with Gasteiger partial charge >= 0.3 is 6.03 Å². The highest BCUT2D eigenvalue weighted by molar-refractivity contribution is 5.74. The van der Waals surface area contributed by atoms with E-state index in [1.165, 1.54) is 7.11 Å². The van der Waals surface area contributed by atoms with Gasteiger partial charge in [0.05, 0.1) is 20.5 Å². The van der Waals surface area contributed by atoms with Crippen LogP contribution in [0.25, 0.3) is 0 Å². The Morgan fingerprint density at radius 3 is 2.80 bits per heavy atom. The molecule has 25 heavy (non-hydrogen) atoms. The van der Waals surface area contributed by atoms with Crippen LogP contribution in [-0.2, 0) is 6.54 Å². The SMILES string of the molecule is COc1ccc(OC)c(C(O)CNC(=O)NC(C)Cn2ccnc2)c1. The van der Waals surface area contributed by atoms with Crippen LogP contribution >= 0.6 is 0 Å². The first-order valence-electron chi connectivity index (χ1n) is 7.93. The molecule has 2 aromatic rings. The molecule has 1 heterocycles. The van der Waals surface area contributed by atoms with Crippen molar-refractivity contribution in [2.45, 2.75) is 25.6 Å². The average Bonchev–Trinajstić information content (AvgIpc) is 3.11. The number of ether oxygens (including phenoxy) is 2. The number of rotatable bonds is 8. The second kappa shape index (κ2) is 8.93. The molecule has 0 radical (unpaired) electrons. The molecule has 0 bridgehead atoms. The molecule has 2 atom stereocenters. The Morgan fingerprint density at radius 1 is 1.36 bits per heavy atom. The second-order valence-electron chi connectivity index (χ2n) is 5.64. The van der Waals surface area contributed by atoms with Crippen LogP contribution in [0.3, 0.4) is 0 Å². The Balaban J connectivity index is 1.86. The summed E-state index contributed by atoms with van der Waals surface area (Å²) in [5, 5.41) is 15.8. The van der Waals surface area contributed by atoms with E-state index < -0.39 is 6.10 Å². The van der Waals surface area contributed by atoms with E-state index in [1.807, 2.05) is 17.7 Å². The molecular weight excluding hydrogens is 324 g/mol. The van der Waals surface area contributed by atoms with Crippen LogP contribution in [0.2, 0.25) is 0 Å². The van der Waals surface area contributed by atoms with Crippen molar-refractivity contribution in [3.8, 4) is 11.5 Å². The van der Waals surface area contributed by atoms with E-state index in [4.69, 9.17) is 9.47 Å². The number of benzene rings is 1. The van der Waals surface area contributed by atoms with E-state index >= 15 is 0 Å². The fraction of sp³-hybridized carbons (Fsp3) is 0.412. The molecule has 2 rings (SSSR count). The molecule has 0 saturated heterocycles. The average molecular weight is 348 g/mol. The molecule has 8 heteroatoms. The van der Waals surface area contributed by atoms with Crippen molar-refractivity contribution in [3.63, 3.8) is 0 Å². The van der Waals surface area contributed by atoms with Crippen molar-refractivity contribution in [1.29, 1.82) is 0 Å². The lowest BCUT2D eigenvalue weighted by Gasteiger charge is -2.18. The van der Waals surface area contributed by atoms with Crippen LogP contribution in [0.15, 0.2) is 36.9 Å². The molecule has 0 spiro atoms. The summed E-state index contributed by atoms with van der Waals surface area (Å²) in [5.74, 6) is 1.14. The Hall–Kier alpha value is -2.74. The number of hydrogen-bond acceptors (Lipinski definition) is 5. The molecule has 0 saturated carbocycles. The highest BCUT2D eigenvalue weighted by Gasteiger charge is 2.16. The Labute approximate surface area is 146 Å². The summed E-state index contributed by atoms with van der Waals surface area (Å²) < 4.78 is 12.3. The third kappa shape index (κ3) is 5.39. The number of aliphatic hydroxyl groups excluding tert-OH is 1. The van der Waals surface area contributed by atoms with E-state index in [0.717, 1.165) is 0 Å².